The largest absolute Gasteiger partial charge is 0.311 e. The molecule has 2 amide bonds. The average Bonchev–Trinajstić information content (AvgIpc) is 3.53. The fourth-order valence-electron chi connectivity index (χ4n) is 7.36. The maximum absolute atomic E-state index is 14.7. The number of aromatic amines is 2. The summed E-state index contributed by atoms with van der Waals surface area (Å²) in [6, 6.07) is 59.5. The summed E-state index contributed by atoms with van der Waals surface area (Å²) in [5.74, 6) is -1.10. The van der Waals surface area contributed by atoms with Crippen LogP contribution in [0, 0.1) is 0 Å². The second kappa shape index (κ2) is 14.7. The Morgan fingerprint density at radius 3 is 1.05 bits per heavy atom. The van der Waals surface area contributed by atoms with E-state index >= 15 is 0 Å². The first kappa shape index (κ1) is 34.7. The van der Waals surface area contributed by atoms with E-state index in [2.05, 4.69) is 20.0 Å². The highest BCUT2D eigenvalue weighted by atomic mass is 16.2. The summed E-state index contributed by atoms with van der Waals surface area (Å²) >= 11 is 0. The van der Waals surface area contributed by atoms with Crippen LogP contribution in [-0.2, 0) is 9.59 Å². The molecule has 0 atom stereocenters. The third kappa shape index (κ3) is 6.39. The number of para-hydroxylation sites is 4. The summed E-state index contributed by atoms with van der Waals surface area (Å²) in [7, 11) is 0. The summed E-state index contributed by atoms with van der Waals surface area (Å²) in [5, 5.41) is 4.85. The molecule has 0 aliphatic carbocycles. The molecule has 0 spiro atoms. The van der Waals surface area contributed by atoms with Gasteiger partial charge in [-0.2, -0.15) is 0 Å². The predicted octanol–water partition coefficient (Wildman–Crippen LogP) is 9.64. The number of H-pyrrole nitrogens is 2. The van der Waals surface area contributed by atoms with Crippen LogP contribution >= 0.6 is 0 Å². The molecular weight excluding hydrogens is 711 g/mol. The zero-order valence-electron chi connectivity index (χ0n) is 30.4. The topological polar surface area (TPSA) is 110 Å². The predicted molar refractivity (Wildman–Crippen MR) is 227 cm³/mol. The minimum absolute atomic E-state index is 0.0596. The number of anilines is 7. The van der Waals surface area contributed by atoms with E-state index in [0.717, 1.165) is 39.0 Å². The number of carbonyl (C=O) groups is 2. The van der Waals surface area contributed by atoms with Gasteiger partial charge in [-0.15, -0.1) is 0 Å². The number of hydrogen-bond acceptors (Lipinski definition) is 6. The van der Waals surface area contributed by atoms with Crippen molar-refractivity contribution in [1.29, 1.82) is 0 Å². The third-order valence-electron chi connectivity index (χ3n) is 10.0. The number of aromatic nitrogens is 2. The van der Waals surface area contributed by atoms with Gasteiger partial charge in [0.15, 0.2) is 0 Å². The molecular formula is C48H33N5O4. The van der Waals surface area contributed by atoms with Crippen molar-refractivity contribution < 1.29 is 9.59 Å². The van der Waals surface area contributed by atoms with Gasteiger partial charge in [-0.3, -0.25) is 29.4 Å². The van der Waals surface area contributed by atoms with Crippen molar-refractivity contribution in [3.05, 3.63) is 220 Å². The lowest BCUT2D eigenvalue weighted by molar-refractivity contribution is -0.119. The molecule has 0 radical (unpaired) electrons. The van der Waals surface area contributed by atoms with Gasteiger partial charge in [-0.1, -0.05) is 97.1 Å². The Balaban J connectivity index is 1.17. The fraction of sp³-hybridized carbons (Fsp3) is 0. The van der Waals surface area contributed by atoms with Gasteiger partial charge in [-0.05, 0) is 102 Å². The van der Waals surface area contributed by atoms with E-state index in [4.69, 9.17) is 0 Å². The summed E-state index contributed by atoms with van der Waals surface area (Å²) < 4.78 is 0. The summed E-state index contributed by atoms with van der Waals surface area (Å²) in [6.45, 7) is 0. The number of imide groups is 1. The third-order valence-corrected chi connectivity index (χ3v) is 10.0. The highest BCUT2D eigenvalue weighted by Crippen LogP contribution is 2.42. The molecule has 0 bridgehead atoms. The van der Waals surface area contributed by atoms with Gasteiger partial charge in [0, 0.05) is 34.1 Å². The first-order valence-corrected chi connectivity index (χ1v) is 18.4. The number of carbonyl (C=O) groups excluding carboxylic acids is 2. The summed E-state index contributed by atoms with van der Waals surface area (Å²) in [4.78, 5) is 59.9. The second-order valence-electron chi connectivity index (χ2n) is 13.4. The van der Waals surface area contributed by atoms with E-state index in [0.29, 0.717) is 11.1 Å². The molecule has 1 aliphatic rings. The zero-order valence-corrected chi connectivity index (χ0v) is 30.4. The molecule has 7 aromatic carbocycles. The van der Waals surface area contributed by atoms with E-state index < -0.39 is 22.9 Å². The molecule has 1 aliphatic heterocycles. The molecule has 8 aromatic rings. The van der Waals surface area contributed by atoms with Crippen LogP contribution in [0.5, 0.6) is 0 Å². The highest BCUT2D eigenvalue weighted by Gasteiger charge is 2.41. The van der Waals surface area contributed by atoms with Gasteiger partial charge in [-0.25, -0.2) is 4.90 Å². The van der Waals surface area contributed by atoms with Crippen molar-refractivity contribution in [2.45, 2.75) is 0 Å². The number of benzene rings is 7. The van der Waals surface area contributed by atoms with Crippen LogP contribution in [0.15, 0.2) is 198 Å². The van der Waals surface area contributed by atoms with Gasteiger partial charge >= 0.3 is 0 Å². The normalized spacial score (nSPS) is 12.7. The monoisotopic (exact) mass is 743 g/mol. The highest BCUT2D eigenvalue weighted by molar-refractivity contribution is 6.57. The van der Waals surface area contributed by atoms with Crippen molar-refractivity contribution in [3.63, 3.8) is 0 Å². The molecule has 0 saturated carbocycles. The summed E-state index contributed by atoms with van der Waals surface area (Å²) in [5.41, 5.74) is 6.21. The standard InChI is InChI=1S/C48H33N5O4/c54-45-41-30-29-40(31-42(41)46(55)50-49-45)53-47(56)43(32-21-25-38(26-22-32)51(34-13-5-1-6-14-34)35-15-7-2-8-16-35)44(48(53)57)33-23-27-39(28-24-33)52(36-17-9-3-10-18-36)37-19-11-4-12-20-37/h1-31H,(H,49,54)(H,50,55). The molecule has 274 valence electrons. The van der Waals surface area contributed by atoms with Crippen molar-refractivity contribution in [2.24, 2.45) is 0 Å². The summed E-state index contributed by atoms with van der Waals surface area (Å²) in [6.07, 6.45) is 0. The molecule has 9 rings (SSSR count). The lowest BCUT2D eigenvalue weighted by atomic mass is 9.95. The van der Waals surface area contributed by atoms with Gasteiger partial charge in [0.05, 0.1) is 27.6 Å². The SMILES string of the molecule is O=C1C(c2ccc(N(c3ccccc3)c3ccccc3)cc2)=C(c2ccc(N(c3ccccc3)c3ccccc3)cc2)C(=O)N1c1ccc2c(=O)[nH][nH]c(=O)c2c1. The molecule has 0 unspecified atom stereocenters. The number of fused-ring (bicyclic) bond motifs is 1. The maximum Gasteiger partial charge on any atom is 0.270 e. The molecule has 2 N–H and O–H groups in total. The van der Waals surface area contributed by atoms with Crippen molar-refractivity contribution in [3.8, 4) is 0 Å². The lowest BCUT2D eigenvalue weighted by Crippen LogP contribution is -2.31. The molecule has 9 heteroatoms. The fourth-order valence-corrected chi connectivity index (χ4v) is 7.36. The van der Waals surface area contributed by atoms with E-state index in [1.165, 1.54) is 18.2 Å². The van der Waals surface area contributed by atoms with E-state index in [1.807, 2.05) is 170 Å². The molecule has 0 saturated heterocycles. The number of hydrogen-bond donors (Lipinski definition) is 2. The van der Waals surface area contributed by atoms with Crippen LogP contribution in [0.4, 0.5) is 39.8 Å². The average molecular weight is 744 g/mol. The van der Waals surface area contributed by atoms with Crippen molar-refractivity contribution in [1.82, 2.24) is 10.2 Å². The molecule has 0 fully saturated rings. The van der Waals surface area contributed by atoms with E-state index in [1.54, 1.807) is 0 Å². The van der Waals surface area contributed by atoms with Gasteiger partial charge in [0.1, 0.15) is 0 Å². The number of nitrogens with zero attached hydrogens (tertiary/aromatic N) is 3. The van der Waals surface area contributed by atoms with Crippen molar-refractivity contribution >= 4 is 73.5 Å². The Morgan fingerprint density at radius 1 is 0.351 bits per heavy atom. The molecule has 9 nitrogen and oxygen atoms in total. The van der Waals surface area contributed by atoms with E-state index in [-0.39, 0.29) is 27.6 Å². The first-order valence-electron chi connectivity index (χ1n) is 18.4. The van der Waals surface area contributed by atoms with Crippen molar-refractivity contribution in [2.75, 3.05) is 14.7 Å². The number of amides is 2. The van der Waals surface area contributed by atoms with Gasteiger partial charge in [0.2, 0.25) is 0 Å². The molecule has 57 heavy (non-hydrogen) atoms. The zero-order chi connectivity index (χ0) is 38.9. The van der Waals surface area contributed by atoms with Crippen LogP contribution in [0.1, 0.15) is 11.1 Å². The molecule has 1 aromatic heterocycles. The quantitative estimate of drug-likeness (QED) is 0.143. The van der Waals surface area contributed by atoms with Gasteiger partial charge in [0.25, 0.3) is 22.9 Å². The lowest BCUT2D eigenvalue weighted by Gasteiger charge is -2.25. The minimum Gasteiger partial charge on any atom is -0.311 e. The Morgan fingerprint density at radius 2 is 0.684 bits per heavy atom. The Kier molecular flexibility index (Phi) is 8.92. The Bertz CT molecular complexity index is 2680. The van der Waals surface area contributed by atoms with Gasteiger partial charge < -0.3 is 9.80 Å². The van der Waals surface area contributed by atoms with Crippen LogP contribution < -0.4 is 25.8 Å². The van der Waals surface area contributed by atoms with Crippen LogP contribution in [-0.4, -0.2) is 22.0 Å². The first-order chi connectivity index (χ1) is 28.0. The second-order valence-corrected chi connectivity index (χ2v) is 13.4. The number of nitrogens with one attached hydrogen (secondary N) is 2. The van der Waals surface area contributed by atoms with Crippen LogP contribution in [0.2, 0.25) is 0 Å². The molecule has 2 heterocycles. The van der Waals surface area contributed by atoms with Crippen LogP contribution in [0.3, 0.4) is 0 Å². The maximum atomic E-state index is 14.7. The Labute approximate surface area is 327 Å². The van der Waals surface area contributed by atoms with Crippen LogP contribution in [0.25, 0.3) is 21.9 Å². The van der Waals surface area contributed by atoms with E-state index in [9.17, 15) is 19.2 Å². The Hall–Kier alpha value is -8.04. The minimum atomic E-state index is -0.550. The smallest absolute Gasteiger partial charge is 0.270 e. The number of rotatable bonds is 9.